The van der Waals surface area contributed by atoms with E-state index < -0.39 is 6.10 Å². The minimum atomic E-state index is -0.631. The first-order valence-electron chi connectivity index (χ1n) is 7.60. The molecular formula is C18H24O5. The Kier molecular flexibility index (Phi) is 8.72. The number of hydrogen-bond acceptors (Lipinski definition) is 5. The second-order valence-corrected chi connectivity index (χ2v) is 4.94. The van der Waals surface area contributed by atoms with E-state index in [2.05, 4.69) is 0 Å². The smallest absolute Gasteiger partial charge is 0.330 e. The van der Waals surface area contributed by atoms with E-state index in [0.717, 1.165) is 11.1 Å². The van der Waals surface area contributed by atoms with Crippen LogP contribution in [0.15, 0.2) is 48.1 Å². The van der Waals surface area contributed by atoms with Crippen LogP contribution in [0.3, 0.4) is 0 Å². The Morgan fingerprint density at radius 3 is 2.61 bits per heavy atom. The van der Waals surface area contributed by atoms with E-state index >= 15 is 0 Å². The van der Waals surface area contributed by atoms with Gasteiger partial charge in [-0.2, -0.15) is 0 Å². The molecule has 0 spiro atoms. The molecule has 0 fully saturated rings. The molecule has 1 atom stereocenters. The summed E-state index contributed by atoms with van der Waals surface area (Å²) < 4.78 is 10.1. The predicted molar refractivity (Wildman–Crippen MR) is 88.1 cm³/mol. The van der Waals surface area contributed by atoms with E-state index in [1.165, 1.54) is 6.08 Å². The van der Waals surface area contributed by atoms with Gasteiger partial charge in [0.05, 0.1) is 19.3 Å². The van der Waals surface area contributed by atoms with Crippen LogP contribution in [0.2, 0.25) is 0 Å². The maximum Gasteiger partial charge on any atom is 0.330 e. The van der Waals surface area contributed by atoms with Crippen LogP contribution < -0.4 is 4.74 Å². The van der Waals surface area contributed by atoms with Crippen molar-refractivity contribution < 1.29 is 24.5 Å². The molecule has 0 aliphatic rings. The average Bonchev–Trinajstić information content (AvgIpc) is 2.53. The summed E-state index contributed by atoms with van der Waals surface area (Å²) in [5, 5.41) is 18.8. The first kappa shape index (κ1) is 18.9. The van der Waals surface area contributed by atoms with Crippen molar-refractivity contribution in [3.8, 4) is 5.75 Å². The average molecular weight is 320 g/mol. The molecular weight excluding hydrogens is 296 g/mol. The topological polar surface area (TPSA) is 76.0 Å². The first-order chi connectivity index (χ1) is 11.1. The molecule has 0 unspecified atom stereocenters. The molecule has 0 saturated heterocycles. The van der Waals surface area contributed by atoms with E-state index in [0.29, 0.717) is 18.8 Å². The van der Waals surface area contributed by atoms with Crippen LogP contribution >= 0.6 is 0 Å². The van der Waals surface area contributed by atoms with Crippen LogP contribution in [0.25, 0.3) is 0 Å². The summed E-state index contributed by atoms with van der Waals surface area (Å²) in [5.74, 6) is 0.285. The Balaban J connectivity index is 2.50. The number of allylic oxidation sites excluding steroid dienone is 2. The monoisotopic (exact) mass is 320 g/mol. The van der Waals surface area contributed by atoms with Gasteiger partial charge in [0.25, 0.3) is 0 Å². The molecule has 0 bridgehead atoms. The normalized spacial score (nSPS) is 13.1. The van der Waals surface area contributed by atoms with Crippen LogP contribution in [0.4, 0.5) is 0 Å². The Morgan fingerprint density at radius 2 is 2.00 bits per heavy atom. The fourth-order valence-electron chi connectivity index (χ4n) is 1.89. The van der Waals surface area contributed by atoms with Crippen molar-refractivity contribution in [1.82, 2.24) is 0 Å². The second kappa shape index (κ2) is 10.6. The van der Waals surface area contributed by atoms with Gasteiger partial charge in [0.15, 0.2) is 0 Å². The fraction of sp³-hybridized carbons (Fsp3) is 0.389. The molecule has 0 radical (unpaired) electrons. The van der Waals surface area contributed by atoms with Gasteiger partial charge in [-0.1, -0.05) is 24.3 Å². The summed E-state index contributed by atoms with van der Waals surface area (Å²) in [7, 11) is 0. The molecule has 2 N–H and O–H groups in total. The van der Waals surface area contributed by atoms with Crippen LogP contribution in [0.5, 0.6) is 5.75 Å². The summed E-state index contributed by atoms with van der Waals surface area (Å²) in [6.45, 7) is 4.12. The second-order valence-electron chi connectivity index (χ2n) is 4.94. The largest absolute Gasteiger partial charge is 0.491 e. The quantitative estimate of drug-likeness (QED) is 0.415. The molecule has 0 heterocycles. The SMILES string of the molecule is CCOC(=O)/C=C(C)/C=C/C[C@@H](O)c1ccc(OCCO)cc1. The van der Waals surface area contributed by atoms with Crippen LogP contribution in [-0.2, 0) is 9.53 Å². The molecule has 0 aliphatic carbocycles. The highest BCUT2D eigenvalue weighted by Crippen LogP contribution is 2.20. The number of rotatable bonds is 9. The highest BCUT2D eigenvalue weighted by atomic mass is 16.5. The predicted octanol–water partition coefficient (Wildman–Crippen LogP) is 2.55. The van der Waals surface area contributed by atoms with Gasteiger partial charge in [0.2, 0.25) is 0 Å². The third-order valence-corrected chi connectivity index (χ3v) is 3.00. The fourth-order valence-corrected chi connectivity index (χ4v) is 1.89. The summed E-state index contributed by atoms with van der Waals surface area (Å²) in [4.78, 5) is 11.3. The van der Waals surface area contributed by atoms with E-state index in [4.69, 9.17) is 14.6 Å². The number of benzene rings is 1. The number of carbonyl (C=O) groups excluding carboxylic acids is 1. The standard InChI is InChI=1S/C18H24O5/c1-3-22-18(21)13-14(2)5-4-6-17(20)15-7-9-16(10-8-15)23-12-11-19/h4-5,7-10,13,17,19-20H,3,6,11-12H2,1-2H3/b5-4+,14-13+/t17-/m1/s1. The van der Waals surface area contributed by atoms with E-state index in [1.807, 2.05) is 6.08 Å². The molecule has 0 amide bonds. The molecule has 5 heteroatoms. The zero-order valence-corrected chi connectivity index (χ0v) is 13.6. The summed E-state index contributed by atoms with van der Waals surface area (Å²) in [6.07, 6.45) is 4.81. The number of esters is 1. The molecule has 5 nitrogen and oxygen atoms in total. The van der Waals surface area contributed by atoms with Crippen molar-refractivity contribution in [1.29, 1.82) is 0 Å². The van der Waals surface area contributed by atoms with Crippen molar-refractivity contribution in [2.75, 3.05) is 19.8 Å². The van der Waals surface area contributed by atoms with E-state index in [1.54, 1.807) is 44.2 Å². The zero-order valence-electron chi connectivity index (χ0n) is 13.6. The lowest BCUT2D eigenvalue weighted by Gasteiger charge is -2.10. The van der Waals surface area contributed by atoms with Gasteiger partial charge in [-0.25, -0.2) is 4.79 Å². The van der Waals surface area contributed by atoms with E-state index in [-0.39, 0.29) is 19.2 Å². The minimum Gasteiger partial charge on any atom is -0.491 e. The van der Waals surface area contributed by atoms with E-state index in [9.17, 15) is 9.90 Å². The zero-order chi connectivity index (χ0) is 17.1. The van der Waals surface area contributed by atoms with Gasteiger partial charge in [-0.15, -0.1) is 0 Å². The molecule has 126 valence electrons. The third-order valence-electron chi connectivity index (χ3n) is 3.00. The van der Waals surface area contributed by atoms with Crippen LogP contribution in [0.1, 0.15) is 31.9 Å². The maximum absolute atomic E-state index is 11.3. The molecule has 1 aromatic rings. The van der Waals surface area contributed by atoms with Crippen molar-refractivity contribution in [2.45, 2.75) is 26.4 Å². The Bertz CT molecular complexity index is 531. The van der Waals surface area contributed by atoms with Crippen LogP contribution in [0, 0.1) is 0 Å². The van der Waals surface area contributed by atoms with Crippen molar-refractivity contribution >= 4 is 5.97 Å². The Labute approximate surface area is 136 Å². The van der Waals surface area contributed by atoms with Crippen molar-refractivity contribution in [3.63, 3.8) is 0 Å². The lowest BCUT2D eigenvalue weighted by atomic mass is 10.1. The molecule has 0 aromatic heterocycles. The number of aliphatic hydroxyl groups excluding tert-OH is 2. The van der Waals surface area contributed by atoms with Crippen molar-refractivity contribution in [2.24, 2.45) is 0 Å². The molecule has 1 rings (SSSR count). The third kappa shape index (κ3) is 7.63. The molecule has 0 aliphatic heterocycles. The van der Waals surface area contributed by atoms with Gasteiger partial charge >= 0.3 is 5.97 Å². The highest BCUT2D eigenvalue weighted by Gasteiger charge is 2.05. The molecule has 23 heavy (non-hydrogen) atoms. The maximum atomic E-state index is 11.3. The van der Waals surface area contributed by atoms with Gasteiger partial charge in [0, 0.05) is 6.08 Å². The summed E-state index contributed by atoms with van der Waals surface area (Å²) in [5.41, 5.74) is 1.54. The molecule has 0 saturated carbocycles. The Morgan fingerprint density at radius 1 is 1.30 bits per heavy atom. The first-order valence-corrected chi connectivity index (χ1v) is 7.60. The molecule has 1 aromatic carbocycles. The van der Waals surface area contributed by atoms with Gasteiger partial charge in [0.1, 0.15) is 12.4 Å². The summed E-state index contributed by atoms with van der Waals surface area (Å²) in [6, 6.07) is 7.08. The number of aliphatic hydroxyl groups is 2. The highest BCUT2D eigenvalue weighted by molar-refractivity contribution is 5.83. The Hall–Kier alpha value is -2.11. The lowest BCUT2D eigenvalue weighted by Crippen LogP contribution is -2.02. The minimum absolute atomic E-state index is 0.0339. The number of hydrogen-bond donors (Lipinski definition) is 2. The summed E-state index contributed by atoms with van der Waals surface area (Å²) >= 11 is 0. The van der Waals surface area contributed by atoms with Gasteiger partial charge < -0.3 is 19.7 Å². The lowest BCUT2D eigenvalue weighted by molar-refractivity contribution is -0.137. The number of ether oxygens (including phenoxy) is 2. The van der Waals surface area contributed by atoms with Gasteiger partial charge in [-0.3, -0.25) is 0 Å². The van der Waals surface area contributed by atoms with Gasteiger partial charge in [-0.05, 0) is 43.5 Å². The van der Waals surface area contributed by atoms with Crippen LogP contribution in [-0.4, -0.2) is 36.0 Å². The van der Waals surface area contributed by atoms with Crippen molar-refractivity contribution in [3.05, 3.63) is 53.6 Å². The number of carbonyl (C=O) groups is 1.